The first-order chi connectivity index (χ1) is 14.5. The molecule has 3 aromatic rings. The second-order valence-corrected chi connectivity index (χ2v) is 7.87. The number of nitrogens with zero attached hydrogens (tertiary/aromatic N) is 2. The first-order valence-electron chi connectivity index (χ1n) is 9.84. The van der Waals surface area contributed by atoms with Crippen LogP contribution in [0.15, 0.2) is 59.2 Å². The minimum Gasteiger partial charge on any atom is -0.444 e. The summed E-state index contributed by atoms with van der Waals surface area (Å²) in [5.74, 6) is 0.0173. The highest BCUT2D eigenvalue weighted by Gasteiger charge is 2.34. The van der Waals surface area contributed by atoms with Gasteiger partial charge in [0, 0.05) is 42.2 Å². The molecule has 1 fully saturated rings. The van der Waals surface area contributed by atoms with Crippen LogP contribution >= 0.6 is 11.6 Å². The zero-order valence-electron chi connectivity index (χ0n) is 16.6. The maximum atomic E-state index is 12.5. The lowest BCUT2D eigenvalue weighted by Gasteiger charge is -2.16. The van der Waals surface area contributed by atoms with Crippen molar-refractivity contribution in [3.63, 3.8) is 0 Å². The molecule has 1 aromatic heterocycles. The van der Waals surface area contributed by atoms with E-state index in [-0.39, 0.29) is 24.2 Å². The molecule has 7 heteroatoms. The number of oxazole rings is 1. The molecule has 1 aliphatic heterocycles. The van der Waals surface area contributed by atoms with E-state index < -0.39 is 0 Å². The average Bonchev–Trinajstić information content (AvgIpc) is 3.36. The molecule has 0 aliphatic carbocycles. The van der Waals surface area contributed by atoms with Crippen molar-refractivity contribution in [3.8, 4) is 11.5 Å². The molecule has 1 saturated heterocycles. The molecule has 154 valence electrons. The SMILES string of the molecule is Cc1ccc(-c2nc(CCNC(=O)C3CC(=O)N(c4ccc(Cl)cc4)C3)co2)cc1. The molecule has 0 bridgehead atoms. The standard InChI is InChI=1S/C23H22ClN3O3/c1-15-2-4-16(5-3-15)23-26-19(14-30-23)10-11-25-22(29)17-12-21(28)27(13-17)20-8-6-18(24)7-9-20/h2-9,14,17H,10-13H2,1H3,(H,25,29). The molecule has 4 rings (SSSR count). The van der Waals surface area contributed by atoms with Crippen LogP contribution in [0.2, 0.25) is 5.02 Å². The van der Waals surface area contributed by atoms with E-state index in [1.54, 1.807) is 35.4 Å². The molecule has 2 aromatic carbocycles. The van der Waals surface area contributed by atoms with Crippen LogP contribution in [-0.2, 0) is 16.0 Å². The fourth-order valence-electron chi connectivity index (χ4n) is 3.46. The van der Waals surface area contributed by atoms with Gasteiger partial charge in [-0.1, -0.05) is 29.3 Å². The van der Waals surface area contributed by atoms with Crippen molar-refractivity contribution in [1.29, 1.82) is 0 Å². The molecule has 1 N–H and O–H groups in total. The Balaban J connectivity index is 1.28. The van der Waals surface area contributed by atoms with Gasteiger partial charge >= 0.3 is 0 Å². The van der Waals surface area contributed by atoms with Crippen molar-refractivity contribution >= 4 is 29.1 Å². The van der Waals surface area contributed by atoms with Crippen LogP contribution in [0.5, 0.6) is 0 Å². The zero-order valence-corrected chi connectivity index (χ0v) is 17.4. The number of benzene rings is 2. The molecule has 1 unspecified atom stereocenters. The maximum absolute atomic E-state index is 12.5. The summed E-state index contributed by atoms with van der Waals surface area (Å²) in [5, 5.41) is 3.52. The number of hydrogen-bond acceptors (Lipinski definition) is 4. The topological polar surface area (TPSA) is 75.4 Å². The zero-order chi connectivity index (χ0) is 21.1. The van der Waals surface area contributed by atoms with Crippen molar-refractivity contribution in [3.05, 3.63) is 71.1 Å². The molecule has 30 heavy (non-hydrogen) atoms. The first kappa shape index (κ1) is 20.2. The average molecular weight is 424 g/mol. The van der Waals surface area contributed by atoms with Crippen LogP contribution < -0.4 is 10.2 Å². The number of nitrogens with one attached hydrogen (secondary N) is 1. The third-order valence-electron chi connectivity index (χ3n) is 5.16. The summed E-state index contributed by atoms with van der Waals surface area (Å²) in [6.45, 7) is 2.83. The normalized spacial score (nSPS) is 16.1. The predicted octanol–water partition coefficient (Wildman–Crippen LogP) is 4.02. The van der Waals surface area contributed by atoms with Crippen LogP contribution in [0.4, 0.5) is 5.69 Å². The lowest BCUT2D eigenvalue weighted by Crippen LogP contribution is -2.34. The number of anilines is 1. The second-order valence-electron chi connectivity index (χ2n) is 7.43. The highest BCUT2D eigenvalue weighted by Crippen LogP contribution is 2.26. The smallest absolute Gasteiger partial charge is 0.227 e. The van der Waals surface area contributed by atoms with Gasteiger partial charge in [-0.2, -0.15) is 0 Å². The first-order valence-corrected chi connectivity index (χ1v) is 10.2. The van der Waals surface area contributed by atoms with E-state index in [4.69, 9.17) is 16.0 Å². The van der Waals surface area contributed by atoms with E-state index in [1.165, 1.54) is 5.56 Å². The van der Waals surface area contributed by atoms with Gasteiger partial charge in [-0.25, -0.2) is 4.98 Å². The van der Waals surface area contributed by atoms with Crippen LogP contribution in [0.3, 0.4) is 0 Å². The molecule has 0 saturated carbocycles. The highest BCUT2D eigenvalue weighted by atomic mass is 35.5. The summed E-state index contributed by atoms with van der Waals surface area (Å²) in [6, 6.07) is 15.0. The minimum atomic E-state index is -0.367. The highest BCUT2D eigenvalue weighted by molar-refractivity contribution is 6.30. The third-order valence-corrected chi connectivity index (χ3v) is 5.42. The molecule has 2 amide bonds. The Hall–Kier alpha value is -3.12. The number of hydrogen-bond donors (Lipinski definition) is 1. The van der Waals surface area contributed by atoms with E-state index in [0.29, 0.717) is 30.4 Å². The molecule has 0 spiro atoms. The Morgan fingerprint density at radius 3 is 2.67 bits per heavy atom. The molecule has 0 radical (unpaired) electrons. The fourth-order valence-corrected chi connectivity index (χ4v) is 3.59. The molecule has 1 aliphatic rings. The number of aryl methyl sites for hydroxylation is 1. The van der Waals surface area contributed by atoms with Gasteiger partial charge in [-0.05, 0) is 43.3 Å². The van der Waals surface area contributed by atoms with Crippen molar-refractivity contribution < 1.29 is 14.0 Å². The van der Waals surface area contributed by atoms with Crippen molar-refractivity contribution in [2.24, 2.45) is 5.92 Å². The molecule has 6 nitrogen and oxygen atoms in total. The van der Waals surface area contributed by atoms with E-state index >= 15 is 0 Å². The van der Waals surface area contributed by atoms with Gasteiger partial charge in [0.2, 0.25) is 17.7 Å². The number of carbonyl (C=O) groups excluding carboxylic acids is 2. The summed E-state index contributed by atoms with van der Waals surface area (Å²) in [7, 11) is 0. The van der Waals surface area contributed by atoms with Gasteiger partial charge in [-0.15, -0.1) is 0 Å². The Kier molecular flexibility index (Phi) is 5.86. The summed E-state index contributed by atoms with van der Waals surface area (Å²) >= 11 is 5.90. The summed E-state index contributed by atoms with van der Waals surface area (Å²) < 4.78 is 5.55. The third kappa shape index (κ3) is 4.54. The quantitative estimate of drug-likeness (QED) is 0.649. The summed E-state index contributed by atoms with van der Waals surface area (Å²) in [6.07, 6.45) is 2.38. The van der Waals surface area contributed by atoms with Crippen LogP contribution in [-0.4, -0.2) is 29.9 Å². The van der Waals surface area contributed by atoms with Gasteiger partial charge in [0.15, 0.2) is 0 Å². The van der Waals surface area contributed by atoms with Crippen LogP contribution in [0, 0.1) is 12.8 Å². The molecule has 1 atom stereocenters. The van der Waals surface area contributed by atoms with Crippen molar-refractivity contribution in [2.75, 3.05) is 18.0 Å². The van der Waals surface area contributed by atoms with E-state index in [2.05, 4.69) is 10.3 Å². The summed E-state index contributed by atoms with van der Waals surface area (Å²) in [5.41, 5.74) is 3.62. The Labute approximate surface area is 179 Å². The number of halogens is 1. The number of rotatable bonds is 6. The second kappa shape index (κ2) is 8.71. The van der Waals surface area contributed by atoms with E-state index in [9.17, 15) is 9.59 Å². The maximum Gasteiger partial charge on any atom is 0.227 e. The number of carbonyl (C=O) groups is 2. The lowest BCUT2D eigenvalue weighted by atomic mass is 10.1. The monoisotopic (exact) mass is 423 g/mol. The Morgan fingerprint density at radius 2 is 1.93 bits per heavy atom. The van der Waals surface area contributed by atoms with Gasteiger partial charge in [0.1, 0.15) is 6.26 Å². The van der Waals surface area contributed by atoms with Gasteiger partial charge in [0.25, 0.3) is 0 Å². The van der Waals surface area contributed by atoms with Crippen molar-refractivity contribution in [2.45, 2.75) is 19.8 Å². The number of amides is 2. The summed E-state index contributed by atoms with van der Waals surface area (Å²) in [4.78, 5) is 30.9. The van der Waals surface area contributed by atoms with Gasteiger partial charge in [0.05, 0.1) is 11.6 Å². The van der Waals surface area contributed by atoms with Gasteiger partial charge in [-0.3, -0.25) is 9.59 Å². The van der Waals surface area contributed by atoms with Crippen molar-refractivity contribution in [1.82, 2.24) is 10.3 Å². The molecule has 2 heterocycles. The van der Waals surface area contributed by atoms with E-state index in [0.717, 1.165) is 16.9 Å². The lowest BCUT2D eigenvalue weighted by molar-refractivity contribution is -0.126. The molecular weight excluding hydrogens is 402 g/mol. The molecular formula is C23H22ClN3O3. The van der Waals surface area contributed by atoms with Crippen LogP contribution in [0.25, 0.3) is 11.5 Å². The predicted molar refractivity (Wildman–Crippen MR) is 115 cm³/mol. The van der Waals surface area contributed by atoms with Gasteiger partial charge < -0.3 is 14.6 Å². The minimum absolute atomic E-state index is 0.0586. The Morgan fingerprint density at radius 1 is 1.20 bits per heavy atom. The Bertz CT molecular complexity index is 1040. The fraction of sp³-hybridized carbons (Fsp3) is 0.261. The van der Waals surface area contributed by atoms with Crippen LogP contribution in [0.1, 0.15) is 17.7 Å². The number of aromatic nitrogens is 1. The van der Waals surface area contributed by atoms with E-state index in [1.807, 2.05) is 31.2 Å². The largest absolute Gasteiger partial charge is 0.444 e.